The first-order valence-corrected chi connectivity index (χ1v) is 24.3. The van der Waals surface area contributed by atoms with Crippen molar-refractivity contribution in [1.82, 2.24) is 31.1 Å². The minimum atomic E-state index is -1.04. The molecule has 0 unspecified atom stereocenters. The van der Waals surface area contributed by atoms with Crippen LogP contribution in [-0.2, 0) is 53.2 Å². The molecule has 7 rings (SSSR count). The minimum Gasteiger partial charge on any atom is -0.456 e. The highest BCUT2D eigenvalue weighted by Gasteiger charge is 2.60. The van der Waals surface area contributed by atoms with E-state index in [0.29, 0.717) is 47.5 Å². The van der Waals surface area contributed by atoms with E-state index >= 15 is 0 Å². The number of rotatable bonds is 19. The lowest BCUT2D eigenvalue weighted by atomic mass is 9.79. The second-order valence-corrected chi connectivity index (χ2v) is 19.2. The van der Waals surface area contributed by atoms with Gasteiger partial charge in [0.25, 0.3) is 17.1 Å². The van der Waals surface area contributed by atoms with Gasteiger partial charge in [0, 0.05) is 91.1 Å². The Labute approximate surface area is 425 Å². The number of fused-ring (bicyclic) bond motifs is 1. The number of nitrogens with zero attached hydrogens (tertiary/aromatic N) is 6. The van der Waals surface area contributed by atoms with Crippen molar-refractivity contribution in [3.05, 3.63) is 130 Å². The van der Waals surface area contributed by atoms with Gasteiger partial charge in [-0.15, -0.1) is 11.8 Å². The zero-order chi connectivity index (χ0) is 53.2. The van der Waals surface area contributed by atoms with Gasteiger partial charge in [0.1, 0.15) is 25.5 Å². The zero-order valence-electron chi connectivity index (χ0n) is 39.9. The van der Waals surface area contributed by atoms with Crippen LogP contribution in [-0.4, -0.2) is 127 Å². The van der Waals surface area contributed by atoms with Gasteiger partial charge in [-0.2, -0.15) is 0 Å². The van der Waals surface area contributed by atoms with Gasteiger partial charge in [0.05, 0.1) is 38.9 Å². The third kappa shape index (κ3) is 13.3. The maximum atomic E-state index is 13.8. The molecule has 5 N–H and O–H groups in total. The van der Waals surface area contributed by atoms with E-state index in [1.807, 2.05) is 6.92 Å². The minimum absolute atomic E-state index is 0.0117. The molecule has 0 saturated carbocycles. The van der Waals surface area contributed by atoms with Gasteiger partial charge in [0.2, 0.25) is 23.7 Å². The molecule has 4 aliphatic heterocycles. The van der Waals surface area contributed by atoms with Gasteiger partial charge < -0.3 is 39.8 Å². The number of aliphatic hydroxyl groups is 1. The van der Waals surface area contributed by atoms with Crippen LogP contribution in [0.2, 0.25) is 0 Å². The monoisotopic (exact) mass is 1040 g/mol. The van der Waals surface area contributed by atoms with Crippen molar-refractivity contribution in [1.29, 1.82) is 0 Å². The summed E-state index contributed by atoms with van der Waals surface area (Å²) < 4.78 is 16.0. The molecule has 0 aliphatic carbocycles. The van der Waals surface area contributed by atoms with E-state index in [-0.39, 0.29) is 103 Å². The standard InChI is InChI=1S/C47H52N10O16S/c1-26-39-38(27(2)58)43(61)54(39)40(44(62)71-23-28-5-11-32(12-6-28)55(65)66)41(26)74-35-20-36(49-21-35)42(60)53-19-17-31(22-53)50-37(59)4-3-18-48-45(51-46(63)72-24-29-7-13-33(14-8-29)56(67)68)52-47(64)73-25-30-9-15-34(16-10-30)57(69)70/h5-16,26-27,31,35-36,38-39,49,58H,3-4,17-25H2,1-2H3,(H,50,59)(H2,48,51,52,63,64)/t26-,27-,31+,35+,36+,38-,39-/m1/s1. The molecule has 74 heavy (non-hydrogen) atoms. The van der Waals surface area contributed by atoms with Crippen molar-refractivity contribution >= 4 is 70.7 Å². The molecule has 3 aromatic carbocycles. The van der Waals surface area contributed by atoms with Crippen molar-refractivity contribution in [3.63, 3.8) is 0 Å². The van der Waals surface area contributed by atoms with Gasteiger partial charge in [-0.1, -0.05) is 6.92 Å². The molecule has 7 atom stereocenters. The Kier molecular flexibility index (Phi) is 17.5. The SMILES string of the molecule is C[C@@H](O)[C@H]1C(=O)N2C(C(=O)OCc3ccc([N+](=O)[O-])cc3)=C(S[C@@H]3CN[C@H](C(=O)N4CC[C@H](NC(=O)CCCN=C(NC(=O)OCc5ccc([N+](=O)[O-])cc5)NC(=O)OCc5ccc([N+](=O)[O-])cc5)C4)C3)[C@H](C)[C@H]12. The van der Waals surface area contributed by atoms with Crippen LogP contribution in [0.3, 0.4) is 0 Å². The second kappa shape index (κ2) is 24.1. The fraction of sp³-hybridized carbons (Fsp3) is 0.426. The van der Waals surface area contributed by atoms with Crippen molar-refractivity contribution in [2.75, 3.05) is 26.2 Å². The number of carbonyl (C=O) groups is 6. The third-order valence-electron chi connectivity index (χ3n) is 12.7. The fourth-order valence-corrected chi connectivity index (χ4v) is 10.4. The number of guanidine groups is 1. The summed E-state index contributed by atoms with van der Waals surface area (Å²) >= 11 is 1.38. The summed E-state index contributed by atoms with van der Waals surface area (Å²) in [7, 11) is 0. The number of esters is 1. The molecule has 0 bridgehead atoms. The first-order chi connectivity index (χ1) is 35.4. The first kappa shape index (κ1) is 53.8. The number of thioether (sulfide) groups is 1. The van der Waals surface area contributed by atoms with E-state index < -0.39 is 62.9 Å². The van der Waals surface area contributed by atoms with E-state index in [2.05, 4.69) is 26.3 Å². The molecule has 3 saturated heterocycles. The summed E-state index contributed by atoms with van der Waals surface area (Å²) in [6.07, 6.45) is -1.99. The van der Waals surface area contributed by atoms with E-state index in [0.717, 1.165) is 0 Å². The van der Waals surface area contributed by atoms with E-state index in [4.69, 9.17) is 14.2 Å². The highest BCUT2D eigenvalue weighted by atomic mass is 32.2. The summed E-state index contributed by atoms with van der Waals surface area (Å²) in [5.74, 6) is -3.04. The van der Waals surface area contributed by atoms with Crippen molar-refractivity contribution in [2.24, 2.45) is 16.8 Å². The van der Waals surface area contributed by atoms with Crippen LogP contribution in [0.1, 0.15) is 56.2 Å². The molecule has 0 radical (unpaired) electrons. The molecule has 4 aliphatic rings. The molecule has 26 nitrogen and oxygen atoms in total. The molecule has 0 aromatic heterocycles. The Morgan fingerprint density at radius 1 is 0.824 bits per heavy atom. The Morgan fingerprint density at radius 3 is 1.84 bits per heavy atom. The molecule has 3 aromatic rings. The van der Waals surface area contributed by atoms with Gasteiger partial charge >= 0.3 is 18.2 Å². The third-order valence-corrected chi connectivity index (χ3v) is 14.2. The largest absolute Gasteiger partial charge is 0.456 e. The van der Waals surface area contributed by atoms with Gasteiger partial charge in [0.15, 0.2) is 0 Å². The average molecular weight is 1050 g/mol. The highest BCUT2D eigenvalue weighted by Crippen LogP contribution is 2.52. The quantitative estimate of drug-likeness (QED) is 0.0167. The Balaban J connectivity index is 0.885. The number of hydrogen-bond donors (Lipinski definition) is 5. The Bertz CT molecular complexity index is 2640. The first-order valence-electron chi connectivity index (χ1n) is 23.4. The molecule has 392 valence electrons. The number of non-ortho nitro benzene ring substituents is 3. The number of alkyl carbamates (subject to hydrolysis) is 2. The van der Waals surface area contributed by atoms with Crippen LogP contribution in [0.5, 0.6) is 0 Å². The number of aliphatic hydroxyl groups excluding tert-OH is 1. The molecule has 4 heterocycles. The number of benzene rings is 3. The van der Waals surface area contributed by atoms with Gasteiger partial charge in [-0.3, -0.25) is 60.4 Å². The van der Waals surface area contributed by atoms with Crippen LogP contribution in [0, 0.1) is 42.2 Å². The summed E-state index contributed by atoms with van der Waals surface area (Å²) in [5, 5.41) is 54.1. The molecule has 27 heteroatoms. The lowest BCUT2D eigenvalue weighted by molar-refractivity contribution is -0.385. The summed E-state index contributed by atoms with van der Waals surface area (Å²) in [6, 6.07) is 14.7. The second-order valence-electron chi connectivity index (χ2n) is 17.8. The summed E-state index contributed by atoms with van der Waals surface area (Å²) in [4.78, 5) is 118. The number of carbonyl (C=O) groups excluding carboxylic acids is 6. The number of β-lactam (4-membered cyclic amide) rings is 1. The predicted octanol–water partition coefficient (Wildman–Crippen LogP) is 3.69. The van der Waals surface area contributed by atoms with Gasteiger partial charge in [-0.25, -0.2) is 14.4 Å². The van der Waals surface area contributed by atoms with Crippen LogP contribution in [0.4, 0.5) is 26.7 Å². The number of ether oxygens (including phenoxy) is 3. The van der Waals surface area contributed by atoms with Crippen LogP contribution >= 0.6 is 11.8 Å². The van der Waals surface area contributed by atoms with Crippen molar-refractivity contribution < 1.29 is 62.9 Å². The summed E-state index contributed by atoms with van der Waals surface area (Å²) in [5.41, 5.74) is 1.02. The molecular formula is C47H52N10O16S. The number of likely N-dealkylation sites (tertiary alicyclic amines) is 1. The van der Waals surface area contributed by atoms with E-state index in [9.17, 15) is 64.2 Å². The topological polar surface area (TPSA) is 347 Å². The number of nitro benzene ring substituents is 3. The maximum Gasteiger partial charge on any atom is 0.414 e. The number of nitro groups is 3. The van der Waals surface area contributed by atoms with Crippen LogP contribution in [0.25, 0.3) is 0 Å². The molecule has 5 amide bonds. The lowest BCUT2D eigenvalue weighted by Gasteiger charge is -2.46. The normalized spacial score (nSPS) is 21.1. The zero-order valence-corrected chi connectivity index (χ0v) is 40.7. The maximum absolute atomic E-state index is 13.8. The lowest BCUT2D eigenvalue weighted by Crippen LogP contribution is -2.63. The van der Waals surface area contributed by atoms with E-state index in [1.165, 1.54) is 96.4 Å². The van der Waals surface area contributed by atoms with Crippen LogP contribution < -0.4 is 21.3 Å². The predicted molar refractivity (Wildman–Crippen MR) is 260 cm³/mol. The number of aliphatic imine (C=N–C) groups is 1. The fourth-order valence-electron chi connectivity index (χ4n) is 8.89. The van der Waals surface area contributed by atoms with E-state index in [1.54, 1.807) is 4.90 Å². The number of nitrogens with one attached hydrogen (secondary N) is 4. The smallest absolute Gasteiger partial charge is 0.414 e. The summed E-state index contributed by atoms with van der Waals surface area (Å²) in [6.45, 7) is 3.64. The molecule has 0 spiro atoms. The molecular weight excluding hydrogens is 993 g/mol. The number of hydrogen-bond acceptors (Lipinski definition) is 19. The van der Waals surface area contributed by atoms with Crippen molar-refractivity contribution in [3.8, 4) is 0 Å². The molecule has 3 fully saturated rings. The van der Waals surface area contributed by atoms with Gasteiger partial charge in [-0.05, 0) is 79.3 Å². The Morgan fingerprint density at radius 2 is 1.34 bits per heavy atom. The average Bonchev–Trinajstić information content (AvgIpc) is 4.10. The highest BCUT2D eigenvalue weighted by molar-refractivity contribution is 8.03. The van der Waals surface area contributed by atoms with Crippen molar-refractivity contribution in [2.45, 2.75) is 88.8 Å². The Hall–Kier alpha value is -8.04. The van der Waals surface area contributed by atoms with Crippen LogP contribution in [0.15, 0.2) is 88.4 Å². The number of amides is 5.